The van der Waals surface area contributed by atoms with E-state index in [2.05, 4.69) is 10.5 Å². The van der Waals surface area contributed by atoms with Crippen LogP contribution in [0.4, 0.5) is 14.9 Å². The van der Waals surface area contributed by atoms with Crippen LogP contribution in [-0.4, -0.2) is 30.0 Å². The zero-order valence-corrected chi connectivity index (χ0v) is 13.0. The lowest BCUT2D eigenvalue weighted by Gasteiger charge is -2.28. The van der Waals surface area contributed by atoms with Gasteiger partial charge in [-0.2, -0.15) is 5.10 Å². The van der Waals surface area contributed by atoms with Gasteiger partial charge in [0, 0.05) is 6.21 Å². The van der Waals surface area contributed by atoms with Gasteiger partial charge in [0.15, 0.2) is 11.7 Å². The van der Waals surface area contributed by atoms with Gasteiger partial charge in [0.1, 0.15) is 5.82 Å². The fraction of sp³-hybridized carbons (Fsp3) is 0.0625. The van der Waals surface area contributed by atoms with Crippen LogP contribution in [0.1, 0.15) is 10.6 Å². The van der Waals surface area contributed by atoms with E-state index in [4.69, 9.17) is 4.42 Å². The first-order valence-corrected chi connectivity index (χ1v) is 7.29. The maximum Gasteiger partial charge on any atom is 0.335 e. The van der Waals surface area contributed by atoms with Crippen LogP contribution < -0.4 is 15.6 Å². The van der Waals surface area contributed by atoms with E-state index in [-0.39, 0.29) is 11.4 Å². The van der Waals surface area contributed by atoms with Gasteiger partial charge in [0.25, 0.3) is 5.91 Å². The fourth-order valence-corrected chi connectivity index (χ4v) is 2.22. The van der Waals surface area contributed by atoms with Gasteiger partial charge in [-0.1, -0.05) is 12.1 Å². The number of rotatable bonds is 4. The summed E-state index contributed by atoms with van der Waals surface area (Å²) in [7, 11) is 0. The molecule has 0 spiro atoms. The summed E-state index contributed by atoms with van der Waals surface area (Å²) in [6, 6.07) is 6.92. The minimum absolute atomic E-state index is 0.0234. The van der Waals surface area contributed by atoms with Gasteiger partial charge in [0.2, 0.25) is 5.91 Å². The first-order chi connectivity index (χ1) is 12.5. The van der Waals surface area contributed by atoms with E-state index in [1.807, 2.05) is 5.32 Å². The third-order valence-electron chi connectivity index (χ3n) is 3.43. The Balaban J connectivity index is 1.78. The third kappa shape index (κ3) is 3.20. The van der Waals surface area contributed by atoms with Crippen LogP contribution >= 0.6 is 0 Å². The lowest BCUT2D eigenvalue weighted by Crippen LogP contribution is -2.59. The van der Waals surface area contributed by atoms with Crippen molar-refractivity contribution < 1.29 is 28.0 Å². The molecule has 0 aliphatic carbocycles. The number of urea groups is 1. The number of para-hydroxylation sites is 1. The standard InChI is InChI=1S/C16H11FN4O5/c17-10-4-1-2-5-11(10)21-15(24)9(13(22)19-16(21)25)8-18-20-14(23)12-6-3-7-26-12/h1-9H,(H,20,23)(H,19,22,25)/b18-8-/t9-/m0/s1. The van der Waals surface area contributed by atoms with Crippen molar-refractivity contribution in [1.29, 1.82) is 0 Å². The Morgan fingerprint density at radius 1 is 1.23 bits per heavy atom. The molecule has 0 unspecified atom stereocenters. The molecule has 1 saturated heterocycles. The summed E-state index contributed by atoms with van der Waals surface area (Å²) >= 11 is 0. The lowest BCUT2D eigenvalue weighted by atomic mass is 10.1. The molecule has 10 heteroatoms. The van der Waals surface area contributed by atoms with Gasteiger partial charge >= 0.3 is 11.9 Å². The molecule has 0 radical (unpaired) electrons. The topological polar surface area (TPSA) is 121 Å². The van der Waals surface area contributed by atoms with E-state index < -0.39 is 35.5 Å². The van der Waals surface area contributed by atoms with Crippen molar-refractivity contribution in [3.05, 3.63) is 54.2 Å². The molecule has 1 aromatic heterocycles. The Hall–Kier alpha value is -3.82. The Morgan fingerprint density at radius 2 is 2.00 bits per heavy atom. The molecule has 2 heterocycles. The van der Waals surface area contributed by atoms with Crippen molar-refractivity contribution in [2.45, 2.75) is 0 Å². The molecular weight excluding hydrogens is 347 g/mol. The Kier molecular flexibility index (Phi) is 4.56. The number of imide groups is 2. The van der Waals surface area contributed by atoms with Crippen molar-refractivity contribution in [3.63, 3.8) is 0 Å². The molecule has 1 atom stereocenters. The highest BCUT2D eigenvalue weighted by molar-refractivity contribution is 6.32. The molecule has 9 nitrogen and oxygen atoms in total. The van der Waals surface area contributed by atoms with Gasteiger partial charge in [-0.3, -0.25) is 19.7 Å². The van der Waals surface area contributed by atoms with Crippen LogP contribution in [0.2, 0.25) is 0 Å². The summed E-state index contributed by atoms with van der Waals surface area (Å²) in [5.74, 6) is -5.00. The van der Waals surface area contributed by atoms with Gasteiger partial charge in [-0.15, -0.1) is 0 Å². The van der Waals surface area contributed by atoms with Gasteiger partial charge in [-0.25, -0.2) is 19.5 Å². The maximum atomic E-state index is 13.9. The predicted molar refractivity (Wildman–Crippen MR) is 85.6 cm³/mol. The summed E-state index contributed by atoms with van der Waals surface area (Å²) < 4.78 is 18.8. The smallest absolute Gasteiger partial charge is 0.335 e. The zero-order chi connectivity index (χ0) is 18.7. The summed E-state index contributed by atoms with van der Waals surface area (Å²) in [6.45, 7) is 0. The molecule has 1 fully saturated rings. The highest BCUT2D eigenvalue weighted by Crippen LogP contribution is 2.23. The molecular formula is C16H11FN4O5. The first kappa shape index (κ1) is 17.0. The van der Waals surface area contributed by atoms with Gasteiger partial charge in [0.05, 0.1) is 12.0 Å². The molecule has 3 rings (SSSR count). The average Bonchev–Trinajstić information content (AvgIpc) is 3.14. The summed E-state index contributed by atoms with van der Waals surface area (Å²) in [5.41, 5.74) is 1.77. The normalized spacial score (nSPS) is 17.5. The molecule has 1 aliphatic heterocycles. The number of hydrazone groups is 1. The zero-order valence-electron chi connectivity index (χ0n) is 13.0. The molecule has 5 amide bonds. The number of anilines is 1. The highest BCUT2D eigenvalue weighted by atomic mass is 19.1. The lowest BCUT2D eigenvalue weighted by molar-refractivity contribution is -0.131. The molecule has 0 bridgehead atoms. The van der Waals surface area contributed by atoms with E-state index in [9.17, 15) is 23.6 Å². The van der Waals surface area contributed by atoms with E-state index in [1.54, 1.807) is 0 Å². The largest absolute Gasteiger partial charge is 0.459 e. The van der Waals surface area contributed by atoms with Gasteiger partial charge in [-0.05, 0) is 24.3 Å². The Labute approximate surface area is 145 Å². The Bertz CT molecular complexity index is 909. The number of nitrogens with zero attached hydrogens (tertiary/aromatic N) is 2. The SMILES string of the molecule is O=C(N/N=C\[C@H]1C(=O)NC(=O)N(c2ccccc2F)C1=O)c1ccco1. The summed E-state index contributed by atoms with van der Waals surface area (Å²) in [5, 5.41) is 5.47. The van der Waals surface area contributed by atoms with E-state index in [0.717, 1.165) is 12.3 Å². The van der Waals surface area contributed by atoms with Gasteiger partial charge < -0.3 is 4.42 Å². The number of barbiturate groups is 1. The maximum absolute atomic E-state index is 13.9. The monoisotopic (exact) mass is 358 g/mol. The quantitative estimate of drug-likeness (QED) is 0.480. The third-order valence-corrected chi connectivity index (χ3v) is 3.43. The number of hydrogen-bond donors (Lipinski definition) is 2. The second kappa shape index (κ2) is 6.97. The number of carbonyl (C=O) groups excluding carboxylic acids is 4. The second-order valence-electron chi connectivity index (χ2n) is 5.09. The van der Waals surface area contributed by atoms with Crippen LogP contribution in [0.25, 0.3) is 0 Å². The molecule has 1 aromatic carbocycles. The number of nitrogens with one attached hydrogen (secondary N) is 2. The second-order valence-corrected chi connectivity index (χ2v) is 5.09. The number of furan rings is 1. The van der Waals surface area contributed by atoms with Crippen molar-refractivity contribution in [2.75, 3.05) is 4.90 Å². The van der Waals surface area contributed by atoms with Crippen LogP contribution in [0.3, 0.4) is 0 Å². The predicted octanol–water partition coefficient (Wildman–Crippen LogP) is 1.03. The number of carbonyl (C=O) groups is 4. The van der Waals surface area contributed by atoms with Crippen LogP contribution in [0.5, 0.6) is 0 Å². The molecule has 2 N–H and O–H groups in total. The van der Waals surface area contributed by atoms with Crippen molar-refractivity contribution >= 4 is 35.7 Å². The van der Waals surface area contributed by atoms with E-state index in [1.165, 1.54) is 36.6 Å². The summed E-state index contributed by atoms with van der Waals surface area (Å²) in [6.07, 6.45) is 2.13. The minimum Gasteiger partial charge on any atom is -0.459 e. The Morgan fingerprint density at radius 3 is 2.69 bits per heavy atom. The molecule has 2 aromatic rings. The molecule has 0 saturated carbocycles. The molecule has 1 aliphatic rings. The number of hydrogen-bond acceptors (Lipinski definition) is 6. The van der Waals surface area contributed by atoms with E-state index >= 15 is 0 Å². The average molecular weight is 358 g/mol. The van der Waals surface area contributed by atoms with E-state index in [0.29, 0.717) is 4.90 Å². The van der Waals surface area contributed by atoms with Crippen LogP contribution in [0, 0.1) is 11.7 Å². The fourth-order valence-electron chi connectivity index (χ4n) is 2.22. The van der Waals surface area contributed by atoms with Crippen molar-refractivity contribution in [1.82, 2.24) is 10.7 Å². The molecule has 26 heavy (non-hydrogen) atoms. The summed E-state index contributed by atoms with van der Waals surface area (Å²) in [4.78, 5) is 48.5. The first-order valence-electron chi connectivity index (χ1n) is 7.29. The highest BCUT2D eigenvalue weighted by Gasteiger charge is 2.41. The molecule has 132 valence electrons. The van der Waals surface area contributed by atoms with Crippen molar-refractivity contribution in [2.24, 2.45) is 11.0 Å². The number of amides is 5. The minimum atomic E-state index is -1.52. The van der Waals surface area contributed by atoms with Crippen LogP contribution in [-0.2, 0) is 9.59 Å². The number of benzene rings is 1. The van der Waals surface area contributed by atoms with Crippen LogP contribution in [0.15, 0.2) is 52.2 Å². The number of halogens is 1. The van der Waals surface area contributed by atoms with Crippen molar-refractivity contribution in [3.8, 4) is 0 Å².